The van der Waals surface area contributed by atoms with Crippen molar-refractivity contribution in [2.24, 2.45) is 0 Å². The molecule has 4 aromatic rings. The van der Waals surface area contributed by atoms with Crippen molar-refractivity contribution in [1.82, 2.24) is 19.7 Å². The first kappa shape index (κ1) is 18.4. The van der Waals surface area contributed by atoms with Crippen LogP contribution in [-0.4, -0.2) is 25.7 Å². The standard InChI is InChI=1S/C21H16F3N5O/c1-11-18-14(12-6-8-13(9-7-12)21(22,23)24)10-17(30)27-19(18)29(28-11)20-25-15-4-2-3-5-16(15)26-20/h2-9,14H,10H2,1H3,(H,25,26)(H,27,30)/t14-/m1/s1. The zero-order chi connectivity index (χ0) is 21.0. The maximum absolute atomic E-state index is 12.9. The predicted molar refractivity (Wildman–Crippen MR) is 104 cm³/mol. The number of aromatic nitrogens is 4. The molecule has 0 saturated heterocycles. The summed E-state index contributed by atoms with van der Waals surface area (Å²) in [5.74, 6) is 0.306. The van der Waals surface area contributed by atoms with Crippen molar-refractivity contribution in [3.63, 3.8) is 0 Å². The van der Waals surface area contributed by atoms with Gasteiger partial charge in [0.2, 0.25) is 11.9 Å². The summed E-state index contributed by atoms with van der Waals surface area (Å²) < 4.78 is 40.3. The van der Waals surface area contributed by atoms with Crippen LogP contribution in [0.15, 0.2) is 48.5 Å². The van der Waals surface area contributed by atoms with E-state index in [1.54, 1.807) is 4.68 Å². The third-order valence-corrected chi connectivity index (χ3v) is 5.32. The van der Waals surface area contributed by atoms with E-state index < -0.39 is 17.7 Å². The van der Waals surface area contributed by atoms with Gasteiger partial charge < -0.3 is 10.3 Å². The number of halogens is 3. The third-order valence-electron chi connectivity index (χ3n) is 5.32. The molecule has 1 aliphatic rings. The first-order chi connectivity index (χ1) is 14.3. The molecular weight excluding hydrogens is 395 g/mol. The van der Waals surface area contributed by atoms with Gasteiger partial charge in [-0.15, -0.1) is 0 Å². The van der Waals surface area contributed by atoms with Gasteiger partial charge in [-0.3, -0.25) is 4.79 Å². The Kier molecular flexibility index (Phi) is 3.96. The Morgan fingerprint density at radius 3 is 2.53 bits per heavy atom. The molecule has 0 bridgehead atoms. The summed E-state index contributed by atoms with van der Waals surface area (Å²) in [5, 5.41) is 7.40. The second-order valence-electron chi connectivity index (χ2n) is 7.26. The van der Waals surface area contributed by atoms with Crippen LogP contribution in [0.3, 0.4) is 0 Å². The highest BCUT2D eigenvalue weighted by Gasteiger charge is 2.34. The average Bonchev–Trinajstić information content (AvgIpc) is 3.28. The van der Waals surface area contributed by atoms with Crippen molar-refractivity contribution in [2.45, 2.75) is 25.4 Å². The lowest BCUT2D eigenvalue weighted by Gasteiger charge is -2.24. The van der Waals surface area contributed by atoms with E-state index in [0.717, 1.165) is 28.7 Å². The molecule has 0 radical (unpaired) electrons. The second kappa shape index (κ2) is 6.45. The number of rotatable bonds is 2. The van der Waals surface area contributed by atoms with Crippen LogP contribution in [0.4, 0.5) is 19.0 Å². The zero-order valence-electron chi connectivity index (χ0n) is 15.8. The number of imidazole rings is 1. The van der Waals surface area contributed by atoms with Gasteiger partial charge in [-0.1, -0.05) is 24.3 Å². The molecule has 6 nitrogen and oxygen atoms in total. The fourth-order valence-electron chi connectivity index (χ4n) is 3.93. The number of alkyl halides is 3. The van der Waals surface area contributed by atoms with Gasteiger partial charge in [-0.25, -0.2) is 4.98 Å². The van der Waals surface area contributed by atoms with Crippen molar-refractivity contribution in [1.29, 1.82) is 0 Å². The van der Waals surface area contributed by atoms with Gasteiger partial charge >= 0.3 is 6.18 Å². The molecule has 2 aromatic heterocycles. The van der Waals surface area contributed by atoms with E-state index in [0.29, 0.717) is 23.0 Å². The number of hydrogen-bond acceptors (Lipinski definition) is 3. The third kappa shape index (κ3) is 2.94. The smallest absolute Gasteiger partial charge is 0.322 e. The Morgan fingerprint density at radius 2 is 1.83 bits per heavy atom. The van der Waals surface area contributed by atoms with E-state index in [4.69, 9.17) is 0 Å². The number of benzene rings is 2. The van der Waals surface area contributed by atoms with Crippen molar-refractivity contribution in [3.8, 4) is 5.95 Å². The largest absolute Gasteiger partial charge is 0.416 e. The minimum atomic E-state index is -4.41. The van der Waals surface area contributed by atoms with Crippen molar-refractivity contribution in [3.05, 3.63) is 70.9 Å². The van der Waals surface area contributed by atoms with Gasteiger partial charge in [0.05, 0.1) is 22.3 Å². The molecular formula is C21H16F3N5O. The second-order valence-corrected chi connectivity index (χ2v) is 7.26. The highest BCUT2D eigenvalue weighted by molar-refractivity contribution is 5.95. The number of fused-ring (bicyclic) bond motifs is 2. The Hall–Kier alpha value is -3.62. The Morgan fingerprint density at radius 1 is 1.10 bits per heavy atom. The molecule has 3 heterocycles. The number of aromatic amines is 1. The molecule has 1 amide bonds. The topological polar surface area (TPSA) is 75.6 Å². The number of H-pyrrole nitrogens is 1. The summed E-state index contributed by atoms with van der Waals surface area (Å²) in [6.07, 6.45) is -4.28. The maximum atomic E-state index is 12.9. The minimum absolute atomic E-state index is 0.130. The fourth-order valence-corrected chi connectivity index (χ4v) is 3.93. The van der Waals surface area contributed by atoms with Crippen molar-refractivity contribution in [2.75, 3.05) is 5.32 Å². The van der Waals surface area contributed by atoms with Crippen LogP contribution in [0, 0.1) is 6.92 Å². The molecule has 30 heavy (non-hydrogen) atoms. The number of hydrogen-bond donors (Lipinski definition) is 2. The average molecular weight is 411 g/mol. The van der Waals surface area contributed by atoms with E-state index in [2.05, 4.69) is 20.4 Å². The van der Waals surface area contributed by atoms with Gasteiger partial charge in [0.15, 0.2) is 0 Å². The molecule has 0 saturated carbocycles. The number of nitrogens with one attached hydrogen (secondary N) is 2. The molecule has 9 heteroatoms. The van der Waals surface area contributed by atoms with Gasteiger partial charge in [-0.05, 0) is 36.8 Å². The van der Waals surface area contributed by atoms with Crippen LogP contribution in [0.2, 0.25) is 0 Å². The summed E-state index contributed by atoms with van der Waals surface area (Å²) in [7, 11) is 0. The van der Waals surface area contributed by atoms with E-state index in [1.807, 2.05) is 31.2 Å². The van der Waals surface area contributed by atoms with Crippen LogP contribution in [0.5, 0.6) is 0 Å². The van der Waals surface area contributed by atoms with Crippen LogP contribution in [0.1, 0.15) is 34.7 Å². The SMILES string of the molecule is Cc1nn(-c2nc3ccccc3[nH]2)c2c1[C@@H](c1ccc(C(F)(F)F)cc1)CC(=O)N2. The van der Waals surface area contributed by atoms with E-state index in [9.17, 15) is 18.0 Å². The molecule has 1 atom stereocenters. The van der Waals surface area contributed by atoms with Crippen LogP contribution in [-0.2, 0) is 11.0 Å². The number of carbonyl (C=O) groups is 1. The molecule has 1 aliphatic heterocycles. The molecule has 0 fully saturated rings. The molecule has 0 spiro atoms. The molecule has 152 valence electrons. The van der Waals surface area contributed by atoms with E-state index in [-0.39, 0.29) is 12.3 Å². The summed E-state index contributed by atoms with van der Waals surface area (Å²) in [6, 6.07) is 12.4. The number of aryl methyl sites for hydroxylation is 1. The molecule has 2 N–H and O–H groups in total. The van der Waals surface area contributed by atoms with E-state index in [1.165, 1.54) is 12.1 Å². The monoisotopic (exact) mass is 411 g/mol. The summed E-state index contributed by atoms with van der Waals surface area (Å²) in [6.45, 7) is 1.81. The Bertz CT molecular complexity index is 1240. The lowest BCUT2D eigenvalue weighted by molar-refractivity contribution is -0.137. The van der Waals surface area contributed by atoms with Gasteiger partial charge in [0.1, 0.15) is 5.82 Å². The number of amides is 1. The predicted octanol–water partition coefficient (Wildman–Crippen LogP) is 4.55. The maximum Gasteiger partial charge on any atom is 0.416 e. The number of carbonyl (C=O) groups excluding carboxylic acids is 1. The normalized spacial score (nSPS) is 16.5. The van der Waals surface area contributed by atoms with Crippen molar-refractivity contribution < 1.29 is 18.0 Å². The lowest BCUT2D eigenvalue weighted by atomic mass is 9.85. The number of nitrogens with zero attached hydrogens (tertiary/aromatic N) is 3. The van der Waals surface area contributed by atoms with Crippen LogP contribution in [0.25, 0.3) is 17.0 Å². The summed E-state index contributed by atoms with van der Waals surface area (Å²) in [5.41, 5.74) is 2.95. The highest BCUT2D eigenvalue weighted by atomic mass is 19.4. The molecule has 0 aliphatic carbocycles. The molecule has 2 aromatic carbocycles. The van der Waals surface area contributed by atoms with Crippen LogP contribution >= 0.6 is 0 Å². The van der Waals surface area contributed by atoms with E-state index >= 15 is 0 Å². The van der Waals surface area contributed by atoms with Gasteiger partial charge in [0, 0.05) is 17.9 Å². The molecule has 0 unspecified atom stereocenters. The lowest BCUT2D eigenvalue weighted by Crippen LogP contribution is -2.25. The number of para-hydroxylation sites is 2. The zero-order valence-corrected chi connectivity index (χ0v) is 15.8. The fraction of sp³-hybridized carbons (Fsp3) is 0.190. The van der Waals surface area contributed by atoms with Gasteiger partial charge in [0.25, 0.3) is 0 Å². The highest BCUT2D eigenvalue weighted by Crippen LogP contribution is 2.41. The first-order valence-corrected chi connectivity index (χ1v) is 9.33. The number of anilines is 1. The minimum Gasteiger partial charge on any atom is -0.322 e. The Balaban J connectivity index is 1.61. The van der Waals surface area contributed by atoms with Crippen molar-refractivity contribution >= 4 is 22.8 Å². The van der Waals surface area contributed by atoms with Gasteiger partial charge in [-0.2, -0.15) is 23.0 Å². The summed E-state index contributed by atoms with van der Waals surface area (Å²) >= 11 is 0. The summed E-state index contributed by atoms with van der Waals surface area (Å²) in [4.78, 5) is 20.2. The quantitative estimate of drug-likeness (QED) is 0.508. The first-order valence-electron chi connectivity index (χ1n) is 9.33. The van der Waals surface area contributed by atoms with Crippen LogP contribution < -0.4 is 5.32 Å². The Labute approximate surface area is 168 Å². The molecule has 5 rings (SSSR count).